The molecule has 0 aliphatic rings. The number of rotatable bonds is 4. The van der Waals surface area contributed by atoms with Gasteiger partial charge in [0.15, 0.2) is 0 Å². The number of carboxylic acid groups (broad SMARTS) is 1. The third kappa shape index (κ3) is 3.52. The normalized spacial score (nSPS) is 9.82. The van der Waals surface area contributed by atoms with Crippen LogP contribution in [0.3, 0.4) is 0 Å². The number of benzene rings is 1. The van der Waals surface area contributed by atoms with Crippen LogP contribution in [0, 0.1) is 6.92 Å². The molecule has 4 nitrogen and oxygen atoms in total. The van der Waals surface area contributed by atoms with Crippen LogP contribution in [-0.2, 0) is 0 Å². The fourth-order valence-corrected chi connectivity index (χ4v) is 1.45. The van der Waals surface area contributed by atoms with Crippen LogP contribution in [0.1, 0.15) is 29.8 Å². The van der Waals surface area contributed by atoms with Crippen molar-refractivity contribution in [1.82, 2.24) is 0 Å². The first kappa shape index (κ1) is 13.1. The van der Waals surface area contributed by atoms with Gasteiger partial charge in [-0.25, -0.2) is 4.79 Å². The lowest BCUT2D eigenvalue weighted by Gasteiger charge is -2.10. The van der Waals surface area contributed by atoms with Gasteiger partial charge in [-0.05, 0) is 38.5 Å². The van der Waals surface area contributed by atoms with Crippen LogP contribution >= 0.6 is 0 Å². The van der Waals surface area contributed by atoms with Gasteiger partial charge in [-0.15, -0.1) is 0 Å². The molecule has 0 unspecified atom stereocenters. The lowest BCUT2D eigenvalue weighted by molar-refractivity contribution is 0.0698. The Balaban J connectivity index is 2.95. The van der Waals surface area contributed by atoms with Crippen molar-refractivity contribution in [2.24, 2.45) is 0 Å². The second kappa shape index (κ2) is 5.39. The molecular weight excluding hydrogens is 216 g/mol. The van der Waals surface area contributed by atoms with Crippen LogP contribution in [0.25, 0.3) is 0 Å². The number of carbonyl (C=O) groups is 1. The summed E-state index contributed by atoms with van der Waals surface area (Å²) in [4.78, 5) is 11.0. The first-order valence-electron chi connectivity index (χ1n) is 5.42. The largest absolute Gasteiger partial charge is 0.478 e. The number of nitrogens with one attached hydrogen (secondary N) is 1. The van der Waals surface area contributed by atoms with Crippen molar-refractivity contribution in [2.75, 3.05) is 17.6 Å². The van der Waals surface area contributed by atoms with Gasteiger partial charge in [-0.3, -0.25) is 0 Å². The van der Waals surface area contributed by atoms with Crippen LogP contribution in [-0.4, -0.2) is 17.6 Å². The van der Waals surface area contributed by atoms with Crippen molar-refractivity contribution in [3.05, 3.63) is 34.9 Å². The topological polar surface area (TPSA) is 75.3 Å². The third-order valence-electron chi connectivity index (χ3n) is 2.43. The number of aromatic carboxylic acids is 1. The summed E-state index contributed by atoms with van der Waals surface area (Å²) >= 11 is 0. The zero-order valence-electron chi connectivity index (χ0n) is 10.4. The molecule has 1 aromatic carbocycles. The van der Waals surface area contributed by atoms with Gasteiger partial charge in [0, 0.05) is 17.9 Å². The Kier molecular flexibility index (Phi) is 4.15. The Morgan fingerprint density at radius 2 is 2.12 bits per heavy atom. The summed E-state index contributed by atoms with van der Waals surface area (Å²) in [6, 6.07) is 3.41. The van der Waals surface area contributed by atoms with E-state index >= 15 is 0 Å². The molecule has 0 atom stereocenters. The van der Waals surface area contributed by atoms with Crippen molar-refractivity contribution in [2.45, 2.75) is 20.8 Å². The number of hydrogen-bond acceptors (Lipinski definition) is 3. The molecule has 0 spiro atoms. The number of carboxylic acids is 1. The third-order valence-corrected chi connectivity index (χ3v) is 2.43. The second-order valence-corrected chi connectivity index (χ2v) is 4.22. The predicted molar refractivity (Wildman–Crippen MR) is 70.5 cm³/mol. The Morgan fingerprint density at radius 3 is 2.65 bits per heavy atom. The molecule has 17 heavy (non-hydrogen) atoms. The zero-order valence-corrected chi connectivity index (χ0v) is 10.4. The average molecular weight is 234 g/mol. The molecule has 4 heteroatoms. The number of nitrogens with two attached hydrogens (primary N) is 1. The van der Waals surface area contributed by atoms with Crippen LogP contribution in [0.5, 0.6) is 0 Å². The highest BCUT2D eigenvalue weighted by atomic mass is 16.4. The van der Waals surface area contributed by atoms with Gasteiger partial charge in [0.1, 0.15) is 0 Å². The lowest BCUT2D eigenvalue weighted by atomic mass is 10.1. The summed E-state index contributed by atoms with van der Waals surface area (Å²) < 4.78 is 0. The standard InChI is InChI=1S/C13H18N2O2/c1-8(2)4-5-15-10-6-9(3)12(14)11(7-10)13(16)17/h4,6-7,15H,5,14H2,1-3H3,(H,16,17). The second-order valence-electron chi connectivity index (χ2n) is 4.22. The highest BCUT2D eigenvalue weighted by Crippen LogP contribution is 2.22. The van der Waals surface area contributed by atoms with Gasteiger partial charge in [-0.2, -0.15) is 0 Å². The van der Waals surface area contributed by atoms with E-state index in [1.54, 1.807) is 13.0 Å². The van der Waals surface area contributed by atoms with Crippen LogP contribution in [0.2, 0.25) is 0 Å². The fourth-order valence-electron chi connectivity index (χ4n) is 1.45. The van der Waals surface area contributed by atoms with Crippen molar-refractivity contribution in [3.8, 4) is 0 Å². The van der Waals surface area contributed by atoms with Crippen molar-refractivity contribution >= 4 is 17.3 Å². The zero-order chi connectivity index (χ0) is 13.0. The Bertz CT molecular complexity index is 461. The molecule has 1 rings (SSSR count). The molecule has 0 amide bonds. The minimum Gasteiger partial charge on any atom is -0.478 e. The molecule has 92 valence electrons. The van der Waals surface area contributed by atoms with E-state index in [-0.39, 0.29) is 5.56 Å². The minimum atomic E-state index is -1.00. The number of allylic oxidation sites excluding steroid dienone is 1. The molecule has 0 aliphatic carbocycles. The molecule has 0 radical (unpaired) electrons. The van der Waals surface area contributed by atoms with Gasteiger partial charge in [0.25, 0.3) is 0 Å². The van der Waals surface area contributed by atoms with Crippen molar-refractivity contribution in [3.63, 3.8) is 0 Å². The molecule has 0 aromatic heterocycles. The molecular formula is C13H18N2O2. The van der Waals surface area contributed by atoms with Gasteiger partial charge in [0.05, 0.1) is 5.56 Å². The van der Waals surface area contributed by atoms with Crippen LogP contribution < -0.4 is 11.1 Å². The highest BCUT2D eigenvalue weighted by Gasteiger charge is 2.11. The minimum absolute atomic E-state index is 0.143. The monoisotopic (exact) mass is 234 g/mol. The van der Waals surface area contributed by atoms with E-state index in [0.717, 1.165) is 11.3 Å². The summed E-state index contributed by atoms with van der Waals surface area (Å²) in [5, 5.41) is 12.2. The highest BCUT2D eigenvalue weighted by molar-refractivity contribution is 5.95. The number of nitrogen functional groups attached to an aromatic ring is 1. The summed E-state index contributed by atoms with van der Waals surface area (Å²) in [6.45, 7) is 6.50. The van der Waals surface area contributed by atoms with E-state index in [9.17, 15) is 4.79 Å². The SMILES string of the molecule is CC(C)=CCNc1cc(C)c(N)c(C(=O)O)c1. The first-order valence-corrected chi connectivity index (χ1v) is 5.42. The van der Waals surface area contributed by atoms with E-state index in [2.05, 4.69) is 5.32 Å². The summed E-state index contributed by atoms with van der Waals surface area (Å²) in [7, 11) is 0. The lowest BCUT2D eigenvalue weighted by Crippen LogP contribution is -2.07. The van der Waals surface area contributed by atoms with Crippen molar-refractivity contribution in [1.29, 1.82) is 0 Å². The van der Waals surface area contributed by atoms with E-state index in [1.165, 1.54) is 5.57 Å². The number of hydrogen-bond donors (Lipinski definition) is 3. The van der Waals surface area contributed by atoms with Crippen LogP contribution in [0.15, 0.2) is 23.8 Å². The first-order chi connectivity index (χ1) is 7.91. The van der Waals surface area contributed by atoms with E-state index in [0.29, 0.717) is 12.2 Å². The van der Waals surface area contributed by atoms with E-state index < -0.39 is 5.97 Å². The summed E-state index contributed by atoms with van der Waals surface area (Å²) in [6.07, 6.45) is 2.03. The Hall–Kier alpha value is -1.97. The quantitative estimate of drug-likeness (QED) is 0.553. The van der Waals surface area contributed by atoms with Crippen molar-refractivity contribution < 1.29 is 9.90 Å². The predicted octanol–water partition coefficient (Wildman–Crippen LogP) is 2.65. The summed E-state index contributed by atoms with van der Waals surface area (Å²) in [5.74, 6) is -1.00. The maximum absolute atomic E-state index is 11.0. The fraction of sp³-hybridized carbons (Fsp3) is 0.308. The molecule has 0 aliphatic heterocycles. The Morgan fingerprint density at radius 1 is 1.47 bits per heavy atom. The number of aryl methyl sites for hydroxylation is 1. The van der Waals surface area contributed by atoms with Gasteiger partial charge in [0.2, 0.25) is 0 Å². The average Bonchev–Trinajstić information content (AvgIpc) is 2.22. The Labute approximate surface area is 101 Å². The molecule has 0 bridgehead atoms. The van der Waals surface area contributed by atoms with Gasteiger partial charge in [-0.1, -0.05) is 11.6 Å². The molecule has 0 heterocycles. The van der Waals surface area contributed by atoms with E-state index in [1.807, 2.05) is 26.0 Å². The summed E-state index contributed by atoms with van der Waals surface area (Å²) in [5.41, 5.74) is 8.93. The number of anilines is 2. The molecule has 0 fully saturated rings. The van der Waals surface area contributed by atoms with E-state index in [4.69, 9.17) is 10.8 Å². The molecule has 1 aromatic rings. The maximum Gasteiger partial charge on any atom is 0.337 e. The van der Waals surface area contributed by atoms with Gasteiger partial charge < -0.3 is 16.2 Å². The van der Waals surface area contributed by atoms with Gasteiger partial charge >= 0.3 is 5.97 Å². The smallest absolute Gasteiger partial charge is 0.337 e. The molecule has 4 N–H and O–H groups in total. The maximum atomic E-state index is 11.0. The molecule has 0 saturated heterocycles. The molecule has 0 saturated carbocycles. The van der Waals surface area contributed by atoms with Crippen LogP contribution in [0.4, 0.5) is 11.4 Å².